The highest BCUT2D eigenvalue weighted by atomic mass is 16.6. The molecule has 0 aliphatic rings. The second-order valence-electron chi connectivity index (χ2n) is 3.93. The molecule has 0 saturated heterocycles. The quantitative estimate of drug-likeness (QED) is 0.598. The van der Waals surface area contributed by atoms with Gasteiger partial charge in [-0.2, -0.15) is 5.26 Å². The average Bonchev–Trinajstić information content (AvgIpc) is 2.38. The summed E-state index contributed by atoms with van der Waals surface area (Å²) in [6, 6.07) is 5.76. The standard InChI is InChI=1S/C12H13N3O4/c1-2-8(12(16)17)7-14-10-3-4-11(15(18)19)9(5-10)6-13/h3-5,8,14H,2,7H2,1H3,(H,16,17). The van der Waals surface area contributed by atoms with E-state index in [-0.39, 0.29) is 17.8 Å². The van der Waals surface area contributed by atoms with E-state index in [0.29, 0.717) is 12.1 Å². The number of anilines is 1. The van der Waals surface area contributed by atoms with Crippen LogP contribution in [0.4, 0.5) is 11.4 Å². The van der Waals surface area contributed by atoms with Crippen molar-refractivity contribution in [1.82, 2.24) is 0 Å². The molecule has 7 nitrogen and oxygen atoms in total. The van der Waals surface area contributed by atoms with Crippen molar-refractivity contribution < 1.29 is 14.8 Å². The van der Waals surface area contributed by atoms with Gasteiger partial charge in [0.25, 0.3) is 5.69 Å². The van der Waals surface area contributed by atoms with Crippen molar-refractivity contribution in [3.63, 3.8) is 0 Å². The molecule has 1 atom stereocenters. The molecule has 0 amide bonds. The van der Waals surface area contributed by atoms with E-state index >= 15 is 0 Å². The van der Waals surface area contributed by atoms with E-state index in [4.69, 9.17) is 10.4 Å². The van der Waals surface area contributed by atoms with Crippen molar-refractivity contribution in [3.8, 4) is 6.07 Å². The molecule has 0 heterocycles. The van der Waals surface area contributed by atoms with E-state index < -0.39 is 16.8 Å². The third-order valence-corrected chi connectivity index (χ3v) is 2.71. The number of nitrogens with one attached hydrogen (secondary N) is 1. The number of carboxylic acids is 1. The van der Waals surface area contributed by atoms with Crippen LogP contribution in [0.1, 0.15) is 18.9 Å². The Morgan fingerprint density at radius 3 is 2.79 bits per heavy atom. The number of nitro benzene ring substituents is 1. The minimum atomic E-state index is -0.905. The fourth-order valence-corrected chi connectivity index (χ4v) is 1.54. The Labute approximate surface area is 109 Å². The third-order valence-electron chi connectivity index (χ3n) is 2.71. The molecule has 0 bridgehead atoms. The molecule has 0 aliphatic carbocycles. The van der Waals surface area contributed by atoms with Crippen molar-refractivity contribution in [1.29, 1.82) is 5.26 Å². The molecule has 19 heavy (non-hydrogen) atoms. The summed E-state index contributed by atoms with van der Waals surface area (Å²) in [5, 5.41) is 31.2. The maximum atomic E-state index is 10.8. The van der Waals surface area contributed by atoms with Crippen molar-refractivity contribution in [2.45, 2.75) is 13.3 Å². The van der Waals surface area contributed by atoms with Gasteiger partial charge in [0, 0.05) is 18.3 Å². The molecule has 0 spiro atoms. The number of hydrogen-bond donors (Lipinski definition) is 2. The van der Waals surface area contributed by atoms with Gasteiger partial charge in [0.1, 0.15) is 11.6 Å². The maximum Gasteiger partial charge on any atom is 0.308 e. The predicted molar refractivity (Wildman–Crippen MR) is 67.7 cm³/mol. The highest BCUT2D eigenvalue weighted by molar-refractivity contribution is 5.71. The lowest BCUT2D eigenvalue weighted by atomic mass is 10.1. The molecule has 0 saturated carbocycles. The summed E-state index contributed by atoms with van der Waals surface area (Å²) >= 11 is 0. The van der Waals surface area contributed by atoms with Crippen LogP contribution in [0.2, 0.25) is 0 Å². The predicted octanol–water partition coefficient (Wildman–Crippen LogP) is 1.99. The Morgan fingerprint density at radius 2 is 2.32 bits per heavy atom. The molecule has 7 heteroatoms. The zero-order chi connectivity index (χ0) is 14.4. The number of hydrogen-bond acceptors (Lipinski definition) is 5. The van der Waals surface area contributed by atoms with Crippen LogP contribution in [0.15, 0.2) is 18.2 Å². The molecule has 0 fully saturated rings. The van der Waals surface area contributed by atoms with Gasteiger partial charge >= 0.3 is 5.97 Å². The second kappa shape index (κ2) is 6.35. The molecule has 1 unspecified atom stereocenters. The molecule has 1 aromatic rings. The molecule has 0 aromatic heterocycles. The summed E-state index contributed by atoms with van der Waals surface area (Å²) in [6.07, 6.45) is 0.473. The number of aliphatic carboxylic acids is 1. The fourth-order valence-electron chi connectivity index (χ4n) is 1.54. The highest BCUT2D eigenvalue weighted by Crippen LogP contribution is 2.22. The average molecular weight is 263 g/mol. The third kappa shape index (κ3) is 3.67. The van der Waals surface area contributed by atoms with E-state index in [0.717, 1.165) is 0 Å². The van der Waals surface area contributed by atoms with Crippen LogP contribution in [0.3, 0.4) is 0 Å². The first-order valence-corrected chi connectivity index (χ1v) is 5.64. The maximum absolute atomic E-state index is 10.8. The van der Waals surface area contributed by atoms with Crippen LogP contribution in [0.25, 0.3) is 0 Å². The zero-order valence-electron chi connectivity index (χ0n) is 10.3. The number of rotatable bonds is 6. The zero-order valence-corrected chi connectivity index (χ0v) is 10.3. The lowest BCUT2D eigenvalue weighted by Crippen LogP contribution is -2.22. The fraction of sp³-hybridized carbons (Fsp3) is 0.333. The van der Waals surface area contributed by atoms with Gasteiger partial charge in [-0.25, -0.2) is 0 Å². The van der Waals surface area contributed by atoms with Crippen LogP contribution in [-0.2, 0) is 4.79 Å². The van der Waals surface area contributed by atoms with Gasteiger partial charge in [-0.3, -0.25) is 14.9 Å². The summed E-state index contributed by atoms with van der Waals surface area (Å²) in [5.74, 6) is -1.45. The molecule has 0 radical (unpaired) electrons. The largest absolute Gasteiger partial charge is 0.481 e. The Kier molecular flexibility index (Phi) is 4.83. The Bertz CT molecular complexity index is 536. The normalized spacial score (nSPS) is 11.4. The number of carboxylic acid groups (broad SMARTS) is 1. The molecular formula is C12H13N3O4. The monoisotopic (exact) mass is 263 g/mol. The molecule has 1 rings (SSSR count). The Morgan fingerprint density at radius 1 is 1.63 bits per heavy atom. The van der Waals surface area contributed by atoms with E-state index in [1.807, 2.05) is 0 Å². The van der Waals surface area contributed by atoms with Crippen molar-refractivity contribution >= 4 is 17.3 Å². The van der Waals surface area contributed by atoms with Crippen LogP contribution >= 0.6 is 0 Å². The van der Waals surface area contributed by atoms with E-state index in [1.54, 1.807) is 13.0 Å². The van der Waals surface area contributed by atoms with Crippen LogP contribution < -0.4 is 5.32 Å². The number of nitriles is 1. The molecule has 0 aliphatic heterocycles. The summed E-state index contributed by atoms with van der Waals surface area (Å²) in [5.41, 5.74) is 0.165. The lowest BCUT2D eigenvalue weighted by Gasteiger charge is -2.12. The number of nitrogens with zero attached hydrogens (tertiary/aromatic N) is 2. The Hall–Kier alpha value is -2.62. The van der Waals surface area contributed by atoms with E-state index in [9.17, 15) is 14.9 Å². The smallest absolute Gasteiger partial charge is 0.308 e. The van der Waals surface area contributed by atoms with Gasteiger partial charge in [-0.15, -0.1) is 0 Å². The highest BCUT2D eigenvalue weighted by Gasteiger charge is 2.16. The molecular weight excluding hydrogens is 250 g/mol. The molecule has 1 aromatic carbocycles. The summed E-state index contributed by atoms with van der Waals surface area (Å²) in [6.45, 7) is 1.96. The number of benzene rings is 1. The number of nitro groups is 1. The van der Waals surface area contributed by atoms with Gasteiger partial charge in [0.2, 0.25) is 0 Å². The van der Waals surface area contributed by atoms with Crippen LogP contribution in [-0.4, -0.2) is 22.5 Å². The topological polar surface area (TPSA) is 116 Å². The Balaban J connectivity index is 2.84. The summed E-state index contributed by atoms with van der Waals surface area (Å²) < 4.78 is 0. The first-order chi connectivity index (χ1) is 8.99. The van der Waals surface area contributed by atoms with Crippen molar-refractivity contribution in [2.75, 3.05) is 11.9 Å². The SMILES string of the molecule is CCC(CNc1ccc([N+](=O)[O-])c(C#N)c1)C(=O)O. The van der Waals surface area contributed by atoms with Gasteiger partial charge < -0.3 is 10.4 Å². The van der Waals surface area contributed by atoms with Gasteiger partial charge in [-0.05, 0) is 18.6 Å². The molecule has 100 valence electrons. The van der Waals surface area contributed by atoms with Gasteiger partial charge in [0.15, 0.2) is 0 Å². The van der Waals surface area contributed by atoms with Crippen LogP contribution in [0.5, 0.6) is 0 Å². The molecule has 2 N–H and O–H groups in total. The van der Waals surface area contributed by atoms with Crippen molar-refractivity contribution in [2.24, 2.45) is 5.92 Å². The number of carbonyl (C=O) groups is 1. The first kappa shape index (κ1) is 14.4. The van der Waals surface area contributed by atoms with Crippen molar-refractivity contribution in [3.05, 3.63) is 33.9 Å². The first-order valence-electron chi connectivity index (χ1n) is 5.64. The van der Waals surface area contributed by atoms with E-state index in [1.165, 1.54) is 18.2 Å². The van der Waals surface area contributed by atoms with Gasteiger partial charge in [-0.1, -0.05) is 6.92 Å². The minimum absolute atomic E-state index is 0.0571. The second-order valence-corrected chi connectivity index (χ2v) is 3.93. The lowest BCUT2D eigenvalue weighted by molar-refractivity contribution is -0.385. The van der Waals surface area contributed by atoms with Crippen LogP contribution in [0, 0.1) is 27.4 Å². The summed E-state index contributed by atoms with van der Waals surface area (Å²) in [4.78, 5) is 20.9. The summed E-state index contributed by atoms with van der Waals surface area (Å²) in [7, 11) is 0. The minimum Gasteiger partial charge on any atom is -0.481 e. The van der Waals surface area contributed by atoms with Gasteiger partial charge in [0.05, 0.1) is 10.8 Å². The van der Waals surface area contributed by atoms with E-state index in [2.05, 4.69) is 5.32 Å².